The maximum atomic E-state index is 6.38. The van der Waals surface area contributed by atoms with Gasteiger partial charge in [-0.1, -0.05) is 36.7 Å². The second-order valence-electron chi connectivity index (χ2n) is 5.94. The fourth-order valence-corrected chi connectivity index (χ4v) is 3.84. The van der Waals surface area contributed by atoms with Crippen LogP contribution in [0.15, 0.2) is 24.3 Å². The van der Waals surface area contributed by atoms with Crippen molar-refractivity contribution in [3.8, 4) is 0 Å². The SMILES string of the molecule is CCCNC(c1ccccc1Cl)C1CC2CC2C1. The first-order valence-electron chi connectivity index (χ1n) is 7.27. The molecule has 1 N–H and O–H groups in total. The number of benzene rings is 1. The molecule has 18 heavy (non-hydrogen) atoms. The highest BCUT2D eigenvalue weighted by molar-refractivity contribution is 6.31. The van der Waals surface area contributed by atoms with Gasteiger partial charge in [-0.3, -0.25) is 0 Å². The van der Waals surface area contributed by atoms with E-state index in [-0.39, 0.29) is 0 Å². The van der Waals surface area contributed by atoms with Crippen molar-refractivity contribution in [3.05, 3.63) is 34.9 Å². The maximum Gasteiger partial charge on any atom is 0.0453 e. The average molecular weight is 264 g/mol. The molecule has 2 saturated carbocycles. The maximum absolute atomic E-state index is 6.38. The van der Waals surface area contributed by atoms with Gasteiger partial charge in [0.05, 0.1) is 0 Å². The van der Waals surface area contributed by atoms with Crippen LogP contribution in [0.25, 0.3) is 0 Å². The number of fused-ring (bicyclic) bond motifs is 1. The van der Waals surface area contributed by atoms with Crippen molar-refractivity contribution in [1.29, 1.82) is 0 Å². The molecule has 0 aromatic heterocycles. The monoisotopic (exact) mass is 263 g/mol. The van der Waals surface area contributed by atoms with Crippen molar-refractivity contribution < 1.29 is 0 Å². The molecule has 2 fully saturated rings. The molecule has 0 heterocycles. The average Bonchev–Trinajstić information content (AvgIpc) is 2.99. The molecule has 1 nitrogen and oxygen atoms in total. The van der Waals surface area contributed by atoms with Crippen LogP contribution in [-0.2, 0) is 0 Å². The third-order valence-electron chi connectivity index (χ3n) is 4.61. The van der Waals surface area contributed by atoms with Crippen LogP contribution >= 0.6 is 11.6 Å². The first-order chi connectivity index (χ1) is 8.79. The Morgan fingerprint density at radius 3 is 2.61 bits per heavy atom. The van der Waals surface area contributed by atoms with Gasteiger partial charge in [0.25, 0.3) is 0 Å². The van der Waals surface area contributed by atoms with E-state index in [0.717, 1.165) is 29.3 Å². The summed E-state index contributed by atoms with van der Waals surface area (Å²) >= 11 is 6.38. The first-order valence-corrected chi connectivity index (χ1v) is 7.65. The summed E-state index contributed by atoms with van der Waals surface area (Å²) in [6, 6.07) is 8.81. The fraction of sp³-hybridized carbons (Fsp3) is 0.625. The number of hydrogen-bond donors (Lipinski definition) is 1. The Kier molecular flexibility index (Phi) is 3.63. The Bertz CT molecular complexity index is 407. The molecule has 2 aliphatic carbocycles. The molecule has 0 saturated heterocycles. The standard InChI is InChI=1S/C16H22ClN/c1-2-7-18-16(13-9-11-8-12(11)10-13)14-5-3-4-6-15(14)17/h3-6,11-13,16,18H,2,7-10H2,1H3. The molecule has 1 aromatic rings. The largest absolute Gasteiger partial charge is 0.310 e. The van der Waals surface area contributed by atoms with Gasteiger partial charge in [-0.25, -0.2) is 0 Å². The van der Waals surface area contributed by atoms with Crippen LogP contribution in [0, 0.1) is 17.8 Å². The van der Waals surface area contributed by atoms with Crippen LogP contribution in [0.3, 0.4) is 0 Å². The van der Waals surface area contributed by atoms with Crippen molar-refractivity contribution >= 4 is 11.6 Å². The van der Waals surface area contributed by atoms with E-state index in [0.29, 0.717) is 6.04 Å². The molecule has 0 amide bonds. The minimum absolute atomic E-state index is 0.464. The molecule has 2 aliphatic rings. The van der Waals surface area contributed by atoms with Crippen molar-refractivity contribution in [3.63, 3.8) is 0 Å². The van der Waals surface area contributed by atoms with E-state index in [2.05, 4.69) is 24.4 Å². The topological polar surface area (TPSA) is 12.0 Å². The van der Waals surface area contributed by atoms with E-state index in [9.17, 15) is 0 Å². The summed E-state index contributed by atoms with van der Waals surface area (Å²) in [5.74, 6) is 2.85. The highest BCUT2D eigenvalue weighted by Gasteiger charge is 2.48. The second-order valence-corrected chi connectivity index (χ2v) is 6.35. The molecule has 0 spiro atoms. The van der Waals surface area contributed by atoms with E-state index in [1.54, 1.807) is 0 Å². The van der Waals surface area contributed by atoms with E-state index in [4.69, 9.17) is 11.6 Å². The van der Waals surface area contributed by atoms with Crippen LogP contribution in [0.5, 0.6) is 0 Å². The zero-order valence-corrected chi connectivity index (χ0v) is 11.8. The van der Waals surface area contributed by atoms with Crippen LogP contribution in [0.2, 0.25) is 5.02 Å². The molecule has 2 heteroatoms. The Hall–Kier alpha value is -0.530. The zero-order valence-electron chi connectivity index (χ0n) is 11.0. The molecule has 0 aliphatic heterocycles. The quantitative estimate of drug-likeness (QED) is 0.829. The molecule has 1 aromatic carbocycles. The predicted octanol–water partition coefficient (Wildman–Crippen LogP) is 4.43. The molecule has 3 rings (SSSR count). The summed E-state index contributed by atoms with van der Waals surface area (Å²) in [7, 11) is 0. The second kappa shape index (κ2) is 5.22. The molecule has 0 radical (unpaired) electrons. The van der Waals surface area contributed by atoms with Gasteiger partial charge in [0.2, 0.25) is 0 Å². The molecule has 0 bridgehead atoms. The fourth-order valence-electron chi connectivity index (χ4n) is 3.59. The number of halogens is 1. The Morgan fingerprint density at radius 1 is 1.22 bits per heavy atom. The van der Waals surface area contributed by atoms with Crippen molar-refractivity contribution in [1.82, 2.24) is 5.32 Å². The van der Waals surface area contributed by atoms with E-state index >= 15 is 0 Å². The summed E-state index contributed by atoms with van der Waals surface area (Å²) in [5.41, 5.74) is 1.30. The minimum Gasteiger partial charge on any atom is -0.310 e. The minimum atomic E-state index is 0.464. The van der Waals surface area contributed by atoms with Gasteiger partial charge in [-0.15, -0.1) is 0 Å². The van der Waals surface area contributed by atoms with Crippen LogP contribution in [0.4, 0.5) is 0 Å². The van der Waals surface area contributed by atoms with Gasteiger partial charge >= 0.3 is 0 Å². The number of hydrogen-bond acceptors (Lipinski definition) is 1. The van der Waals surface area contributed by atoms with E-state index in [1.165, 1.54) is 31.2 Å². The van der Waals surface area contributed by atoms with Gasteiger partial charge < -0.3 is 5.32 Å². The lowest BCUT2D eigenvalue weighted by molar-refractivity contribution is 0.342. The van der Waals surface area contributed by atoms with Crippen molar-refractivity contribution in [2.24, 2.45) is 17.8 Å². The van der Waals surface area contributed by atoms with Gasteiger partial charge in [0.15, 0.2) is 0 Å². The Labute approximate surface area is 115 Å². The van der Waals surface area contributed by atoms with Gasteiger partial charge in [-0.2, -0.15) is 0 Å². The predicted molar refractivity (Wildman–Crippen MR) is 76.8 cm³/mol. The normalized spacial score (nSPS) is 31.1. The molecule has 3 unspecified atom stereocenters. The third-order valence-corrected chi connectivity index (χ3v) is 4.95. The third kappa shape index (κ3) is 2.44. The lowest BCUT2D eigenvalue weighted by Gasteiger charge is -2.27. The number of nitrogens with one attached hydrogen (secondary N) is 1. The molecule has 3 atom stereocenters. The lowest BCUT2D eigenvalue weighted by Crippen LogP contribution is -2.28. The van der Waals surface area contributed by atoms with Crippen molar-refractivity contribution in [2.45, 2.75) is 38.6 Å². The Morgan fingerprint density at radius 2 is 1.94 bits per heavy atom. The smallest absolute Gasteiger partial charge is 0.0453 e. The van der Waals surface area contributed by atoms with Gasteiger partial charge in [-0.05, 0) is 61.6 Å². The molecule has 98 valence electrons. The summed E-state index contributed by atoms with van der Waals surface area (Å²) in [6.45, 7) is 3.31. The van der Waals surface area contributed by atoms with Crippen LogP contribution in [0.1, 0.15) is 44.2 Å². The van der Waals surface area contributed by atoms with Gasteiger partial charge in [0, 0.05) is 11.1 Å². The summed E-state index contributed by atoms with van der Waals surface area (Å²) in [6.07, 6.45) is 5.47. The van der Waals surface area contributed by atoms with E-state index in [1.807, 2.05) is 12.1 Å². The first kappa shape index (κ1) is 12.5. The summed E-state index contributed by atoms with van der Waals surface area (Å²) in [5, 5.41) is 4.65. The van der Waals surface area contributed by atoms with Crippen molar-refractivity contribution in [2.75, 3.05) is 6.54 Å². The summed E-state index contributed by atoms with van der Waals surface area (Å²) in [4.78, 5) is 0. The van der Waals surface area contributed by atoms with E-state index < -0.39 is 0 Å². The number of rotatable bonds is 5. The summed E-state index contributed by atoms with van der Waals surface area (Å²) < 4.78 is 0. The highest BCUT2D eigenvalue weighted by Crippen LogP contribution is 2.57. The molecular formula is C16H22ClN. The van der Waals surface area contributed by atoms with Gasteiger partial charge in [0.1, 0.15) is 0 Å². The molecular weight excluding hydrogens is 242 g/mol. The zero-order chi connectivity index (χ0) is 12.5. The lowest BCUT2D eigenvalue weighted by atomic mass is 9.89. The highest BCUT2D eigenvalue weighted by atomic mass is 35.5. The van der Waals surface area contributed by atoms with Crippen LogP contribution < -0.4 is 5.32 Å². The van der Waals surface area contributed by atoms with Crippen LogP contribution in [-0.4, -0.2) is 6.54 Å². The Balaban J connectivity index is 1.78.